The van der Waals surface area contributed by atoms with Crippen molar-refractivity contribution in [3.63, 3.8) is 0 Å². The van der Waals surface area contributed by atoms with Gasteiger partial charge in [0.15, 0.2) is 0 Å². The summed E-state index contributed by atoms with van der Waals surface area (Å²) in [4.78, 5) is 11.8. The summed E-state index contributed by atoms with van der Waals surface area (Å²) < 4.78 is 5.38. The molecule has 102 valence electrons. The summed E-state index contributed by atoms with van der Waals surface area (Å²) in [6.07, 6.45) is 0.517. The Bertz CT molecular complexity index is 208. The molecule has 0 saturated heterocycles. The first-order valence-corrected chi connectivity index (χ1v) is 6.61. The van der Waals surface area contributed by atoms with Crippen molar-refractivity contribution >= 4 is 5.91 Å². The third-order valence-corrected chi connectivity index (χ3v) is 2.70. The average molecular weight is 244 g/mol. The predicted molar refractivity (Wildman–Crippen MR) is 71.0 cm³/mol. The van der Waals surface area contributed by atoms with Crippen molar-refractivity contribution in [2.45, 2.75) is 53.1 Å². The quantitative estimate of drug-likeness (QED) is 0.647. The zero-order valence-electron chi connectivity index (χ0n) is 11.9. The van der Waals surface area contributed by atoms with Crippen LogP contribution in [0.3, 0.4) is 0 Å². The van der Waals surface area contributed by atoms with Gasteiger partial charge in [-0.15, -0.1) is 0 Å². The van der Waals surface area contributed by atoms with Crippen LogP contribution in [-0.2, 0) is 9.53 Å². The second-order valence-corrected chi connectivity index (χ2v) is 4.74. The highest BCUT2D eigenvalue weighted by Crippen LogP contribution is 2.03. The molecule has 0 radical (unpaired) electrons. The third kappa shape index (κ3) is 8.16. The van der Waals surface area contributed by atoms with E-state index in [0.717, 1.165) is 6.54 Å². The minimum absolute atomic E-state index is 0.0943. The number of rotatable bonds is 9. The lowest BCUT2D eigenvalue weighted by atomic mass is 10.0. The van der Waals surface area contributed by atoms with E-state index in [1.54, 1.807) is 0 Å². The molecular formula is C13H28N2O2. The van der Waals surface area contributed by atoms with Gasteiger partial charge < -0.3 is 15.4 Å². The van der Waals surface area contributed by atoms with E-state index >= 15 is 0 Å². The zero-order valence-corrected chi connectivity index (χ0v) is 11.9. The summed E-state index contributed by atoms with van der Waals surface area (Å²) in [5.74, 6) is 0.483. The van der Waals surface area contributed by atoms with Crippen LogP contribution in [0, 0.1) is 5.92 Å². The summed E-state index contributed by atoms with van der Waals surface area (Å²) in [7, 11) is 0. The molecule has 17 heavy (non-hydrogen) atoms. The van der Waals surface area contributed by atoms with Crippen LogP contribution in [0.4, 0.5) is 0 Å². The van der Waals surface area contributed by atoms with Crippen LogP contribution in [0.25, 0.3) is 0 Å². The average Bonchev–Trinajstić information content (AvgIpc) is 2.23. The maximum absolute atomic E-state index is 11.8. The molecule has 0 aromatic carbocycles. The number of amides is 1. The molecule has 0 fully saturated rings. The summed E-state index contributed by atoms with van der Waals surface area (Å²) >= 11 is 0. The van der Waals surface area contributed by atoms with E-state index in [2.05, 4.69) is 24.5 Å². The number of hydrogen-bond acceptors (Lipinski definition) is 3. The highest BCUT2D eigenvalue weighted by Gasteiger charge is 2.17. The summed E-state index contributed by atoms with van der Waals surface area (Å²) in [6.45, 7) is 12.4. The van der Waals surface area contributed by atoms with Crippen molar-refractivity contribution < 1.29 is 9.53 Å². The molecule has 0 aliphatic carbocycles. The van der Waals surface area contributed by atoms with E-state index in [9.17, 15) is 4.79 Å². The van der Waals surface area contributed by atoms with Crippen molar-refractivity contribution in [2.24, 2.45) is 5.92 Å². The molecule has 0 aliphatic rings. The lowest BCUT2D eigenvalue weighted by Crippen LogP contribution is -2.44. The van der Waals surface area contributed by atoms with E-state index in [0.29, 0.717) is 25.6 Å². The molecule has 4 heteroatoms. The Balaban J connectivity index is 4.02. The van der Waals surface area contributed by atoms with E-state index in [1.165, 1.54) is 0 Å². The summed E-state index contributed by atoms with van der Waals surface area (Å²) in [5.41, 5.74) is 0. The maximum Gasteiger partial charge on any atom is 0.221 e. The normalized spacial score (nSPS) is 14.7. The van der Waals surface area contributed by atoms with Crippen LogP contribution in [0.15, 0.2) is 0 Å². The Morgan fingerprint density at radius 3 is 2.35 bits per heavy atom. The van der Waals surface area contributed by atoms with Crippen LogP contribution >= 0.6 is 0 Å². The Morgan fingerprint density at radius 2 is 1.88 bits per heavy atom. The maximum atomic E-state index is 11.8. The Hall–Kier alpha value is -0.610. The number of carbonyl (C=O) groups excluding carboxylic acids is 1. The molecule has 0 aromatic heterocycles. The third-order valence-electron chi connectivity index (χ3n) is 2.70. The van der Waals surface area contributed by atoms with Gasteiger partial charge in [-0.1, -0.05) is 20.8 Å². The van der Waals surface area contributed by atoms with Gasteiger partial charge in [0.2, 0.25) is 5.91 Å². The van der Waals surface area contributed by atoms with Gasteiger partial charge in [0, 0.05) is 19.1 Å². The molecule has 0 aromatic rings. The predicted octanol–water partition coefficient (Wildman–Crippen LogP) is 1.55. The molecule has 2 atom stereocenters. The van der Waals surface area contributed by atoms with Gasteiger partial charge in [-0.25, -0.2) is 0 Å². The van der Waals surface area contributed by atoms with Crippen LogP contribution in [-0.4, -0.2) is 37.7 Å². The first-order chi connectivity index (χ1) is 8.01. The fourth-order valence-electron chi connectivity index (χ4n) is 1.61. The number of hydrogen-bond donors (Lipinski definition) is 2. The van der Waals surface area contributed by atoms with Gasteiger partial charge in [-0.2, -0.15) is 0 Å². The minimum atomic E-state index is 0.0943. The lowest BCUT2D eigenvalue weighted by molar-refractivity contribution is -0.123. The highest BCUT2D eigenvalue weighted by atomic mass is 16.5. The Labute approximate surface area is 105 Å². The minimum Gasteiger partial charge on any atom is -0.380 e. The first kappa shape index (κ1) is 16.4. The molecule has 0 saturated carbocycles. The fraction of sp³-hybridized carbons (Fsp3) is 0.923. The second kappa shape index (κ2) is 9.42. The molecular weight excluding hydrogens is 216 g/mol. The highest BCUT2D eigenvalue weighted by molar-refractivity contribution is 5.76. The van der Waals surface area contributed by atoms with Crippen molar-refractivity contribution in [1.82, 2.24) is 10.6 Å². The van der Waals surface area contributed by atoms with Crippen molar-refractivity contribution in [1.29, 1.82) is 0 Å². The van der Waals surface area contributed by atoms with Crippen molar-refractivity contribution in [3.8, 4) is 0 Å². The van der Waals surface area contributed by atoms with Crippen LogP contribution in [0.5, 0.6) is 0 Å². The molecule has 0 spiro atoms. The molecule has 0 bridgehead atoms. The molecule has 0 rings (SSSR count). The van der Waals surface area contributed by atoms with Gasteiger partial charge in [0.25, 0.3) is 0 Å². The second-order valence-electron chi connectivity index (χ2n) is 4.74. The fourth-order valence-corrected chi connectivity index (χ4v) is 1.61. The smallest absolute Gasteiger partial charge is 0.221 e. The number of ether oxygens (including phenoxy) is 1. The van der Waals surface area contributed by atoms with Crippen LogP contribution in [0.1, 0.15) is 41.0 Å². The Morgan fingerprint density at radius 1 is 1.24 bits per heavy atom. The van der Waals surface area contributed by atoms with E-state index < -0.39 is 0 Å². The molecule has 1 amide bonds. The van der Waals surface area contributed by atoms with Crippen LogP contribution in [0.2, 0.25) is 0 Å². The summed E-state index contributed by atoms with van der Waals surface area (Å²) in [5, 5.41) is 6.27. The van der Waals surface area contributed by atoms with Gasteiger partial charge in [-0.3, -0.25) is 4.79 Å². The van der Waals surface area contributed by atoms with E-state index in [1.807, 2.05) is 20.8 Å². The zero-order chi connectivity index (χ0) is 13.3. The lowest BCUT2D eigenvalue weighted by Gasteiger charge is -2.23. The van der Waals surface area contributed by atoms with Gasteiger partial charge in [-0.05, 0) is 26.3 Å². The Kier molecular flexibility index (Phi) is 9.09. The topological polar surface area (TPSA) is 50.4 Å². The largest absolute Gasteiger partial charge is 0.380 e. The number of nitrogens with one attached hydrogen (secondary N) is 2. The molecule has 0 heterocycles. The molecule has 2 N–H and O–H groups in total. The van der Waals surface area contributed by atoms with Gasteiger partial charge >= 0.3 is 0 Å². The van der Waals surface area contributed by atoms with Crippen LogP contribution < -0.4 is 10.6 Å². The standard InChI is InChI=1S/C13H28N2O2/c1-6-14-11(5)8-13(16)15-12(10(3)4)9-17-7-2/h10-12,14H,6-9H2,1-5H3,(H,15,16). The van der Waals surface area contributed by atoms with Crippen molar-refractivity contribution in [2.75, 3.05) is 19.8 Å². The monoisotopic (exact) mass is 244 g/mol. The summed E-state index contributed by atoms with van der Waals surface area (Å²) in [6, 6.07) is 0.330. The van der Waals surface area contributed by atoms with E-state index in [-0.39, 0.29) is 18.0 Å². The van der Waals surface area contributed by atoms with Crippen molar-refractivity contribution in [3.05, 3.63) is 0 Å². The molecule has 2 unspecified atom stereocenters. The first-order valence-electron chi connectivity index (χ1n) is 6.61. The molecule has 4 nitrogen and oxygen atoms in total. The van der Waals surface area contributed by atoms with Gasteiger partial charge in [0.05, 0.1) is 12.6 Å². The molecule has 0 aliphatic heterocycles. The van der Waals surface area contributed by atoms with Gasteiger partial charge in [0.1, 0.15) is 0 Å². The SMILES string of the molecule is CCNC(C)CC(=O)NC(COCC)C(C)C. The number of carbonyl (C=O) groups is 1. The van der Waals surface area contributed by atoms with E-state index in [4.69, 9.17) is 4.74 Å².